The Morgan fingerprint density at radius 2 is 1.95 bits per heavy atom. The van der Waals surface area contributed by atoms with Gasteiger partial charge in [0, 0.05) is 30.2 Å². The maximum absolute atomic E-state index is 6.34. The molecule has 0 aromatic heterocycles. The predicted octanol–water partition coefficient (Wildman–Crippen LogP) is 2.71. The SMILES string of the molecule is CN(Cc1ccc(CN)cc1Cl)CC1(N(C)C)CCC1. The lowest BCUT2D eigenvalue weighted by Crippen LogP contribution is -2.56. The molecule has 0 bridgehead atoms. The predicted molar refractivity (Wildman–Crippen MR) is 85.9 cm³/mol. The molecule has 1 aromatic carbocycles. The first-order chi connectivity index (χ1) is 9.47. The molecule has 0 saturated heterocycles. The van der Waals surface area contributed by atoms with Gasteiger partial charge in [0.25, 0.3) is 0 Å². The smallest absolute Gasteiger partial charge is 0.0454 e. The highest BCUT2D eigenvalue weighted by atomic mass is 35.5. The van der Waals surface area contributed by atoms with Crippen LogP contribution in [0.3, 0.4) is 0 Å². The van der Waals surface area contributed by atoms with Crippen molar-refractivity contribution in [3.05, 3.63) is 34.3 Å². The van der Waals surface area contributed by atoms with Crippen molar-refractivity contribution < 1.29 is 0 Å². The number of nitrogens with two attached hydrogens (primary N) is 1. The van der Waals surface area contributed by atoms with Crippen LogP contribution in [0.2, 0.25) is 5.02 Å². The van der Waals surface area contributed by atoms with Crippen molar-refractivity contribution >= 4 is 11.6 Å². The highest BCUT2D eigenvalue weighted by Crippen LogP contribution is 2.37. The fraction of sp³-hybridized carbons (Fsp3) is 0.625. The Balaban J connectivity index is 1.99. The number of likely N-dealkylation sites (N-methyl/N-ethyl adjacent to an activating group) is 2. The van der Waals surface area contributed by atoms with Crippen LogP contribution in [-0.4, -0.2) is 43.0 Å². The van der Waals surface area contributed by atoms with Gasteiger partial charge in [0.1, 0.15) is 0 Å². The summed E-state index contributed by atoms with van der Waals surface area (Å²) in [6, 6.07) is 6.15. The van der Waals surface area contributed by atoms with Crippen LogP contribution in [-0.2, 0) is 13.1 Å². The molecule has 2 rings (SSSR count). The molecule has 0 spiro atoms. The molecule has 1 saturated carbocycles. The van der Waals surface area contributed by atoms with E-state index in [1.807, 2.05) is 6.07 Å². The van der Waals surface area contributed by atoms with E-state index < -0.39 is 0 Å². The molecule has 0 unspecified atom stereocenters. The monoisotopic (exact) mass is 295 g/mol. The summed E-state index contributed by atoms with van der Waals surface area (Å²) in [6.45, 7) is 2.52. The summed E-state index contributed by atoms with van der Waals surface area (Å²) in [4.78, 5) is 4.76. The van der Waals surface area contributed by atoms with E-state index in [-0.39, 0.29) is 0 Å². The number of hydrogen-bond donors (Lipinski definition) is 1. The number of benzene rings is 1. The highest BCUT2D eigenvalue weighted by molar-refractivity contribution is 6.31. The normalized spacial score (nSPS) is 17.6. The molecule has 20 heavy (non-hydrogen) atoms. The van der Waals surface area contributed by atoms with Crippen molar-refractivity contribution in [3.63, 3.8) is 0 Å². The summed E-state index contributed by atoms with van der Waals surface area (Å²) >= 11 is 6.34. The lowest BCUT2D eigenvalue weighted by atomic mass is 9.75. The van der Waals surface area contributed by atoms with E-state index >= 15 is 0 Å². The lowest BCUT2D eigenvalue weighted by Gasteiger charge is -2.49. The summed E-state index contributed by atoms with van der Waals surface area (Å²) in [5, 5.41) is 0.826. The minimum atomic E-state index is 0.360. The zero-order chi connectivity index (χ0) is 14.8. The Morgan fingerprint density at radius 3 is 2.40 bits per heavy atom. The Labute approximate surface area is 127 Å². The molecule has 112 valence electrons. The van der Waals surface area contributed by atoms with E-state index in [0.717, 1.165) is 23.7 Å². The molecule has 2 N–H and O–H groups in total. The zero-order valence-corrected chi connectivity index (χ0v) is 13.6. The molecule has 1 aliphatic carbocycles. The maximum atomic E-state index is 6.34. The first-order valence-corrected chi connectivity index (χ1v) is 7.68. The second kappa shape index (κ2) is 6.44. The molecule has 1 aliphatic rings. The fourth-order valence-corrected chi connectivity index (χ4v) is 3.29. The van der Waals surface area contributed by atoms with E-state index in [9.17, 15) is 0 Å². The first kappa shape index (κ1) is 15.8. The third-order valence-electron chi connectivity index (χ3n) is 4.59. The lowest BCUT2D eigenvalue weighted by molar-refractivity contribution is 0.0259. The average molecular weight is 296 g/mol. The van der Waals surface area contributed by atoms with Gasteiger partial charge >= 0.3 is 0 Å². The zero-order valence-electron chi connectivity index (χ0n) is 12.8. The van der Waals surface area contributed by atoms with Crippen LogP contribution in [0, 0.1) is 0 Å². The minimum absolute atomic E-state index is 0.360. The summed E-state index contributed by atoms with van der Waals surface area (Å²) < 4.78 is 0. The van der Waals surface area contributed by atoms with Gasteiger partial charge in [-0.05, 0) is 57.6 Å². The molecule has 4 heteroatoms. The standard InChI is InChI=1S/C16H26ClN3/c1-19(2)16(7-4-8-16)12-20(3)11-14-6-5-13(10-18)9-15(14)17/h5-6,9H,4,7-8,10-12,18H2,1-3H3. The van der Waals surface area contributed by atoms with Gasteiger partial charge in [-0.2, -0.15) is 0 Å². The second-order valence-corrected chi connectivity index (χ2v) is 6.68. The molecule has 1 fully saturated rings. The summed E-state index contributed by atoms with van der Waals surface area (Å²) in [5.74, 6) is 0. The van der Waals surface area contributed by atoms with Crippen LogP contribution >= 0.6 is 11.6 Å². The third-order valence-corrected chi connectivity index (χ3v) is 4.94. The first-order valence-electron chi connectivity index (χ1n) is 7.30. The Hall–Kier alpha value is -0.610. The van der Waals surface area contributed by atoms with Gasteiger partial charge in [-0.25, -0.2) is 0 Å². The van der Waals surface area contributed by atoms with Crippen LogP contribution < -0.4 is 5.73 Å². The summed E-state index contributed by atoms with van der Waals surface area (Å²) in [7, 11) is 6.56. The van der Waals surface area contributed by atoms with E-state index in [1.165, 1.54) is 24.8 Å². The van der Waals surface area contributed by atoms with Crippen molar-refractivity contribution in [2.45, 2.75) is 37.9 Å². The van der Waals surface area contributed by atoms with Crippen LogP contribution in [0.4, 0.5) is 0 Å². The van der Waals surface area contributed by atoms with Crippen LogP contribution in [0.15, 0.2) is 18.2 Å². The Kier molecular flexibility index (Phi) is 5.08. The quantitative estimate of drug-likeness (QED) is 0.876. The van der Waals surface area contributed by atoms with Gasteiger partial charge in [0.15, 0.2) is 0 Å². The van der Waals surface area contributed by atoms with Crippen molar-refractivity contribution in [2.24, 2.45) is 5.73 Å². The second-order valence-electron chi connectivity index (χ2n) is 6.27. The van der Waals surface area contributed by atoms with E-state index in [1.54, 1.807) is 0 Å². The van der Waals surface area contributed by atoms with Crippen LogP contribution in [0.25, 0.3) is 0 Å². The van der Waals surface area contributed by atoms with E-state index in [2.05, 4.69) is 43.1 Å². The van der Waals surface area contributed by atoms with Crippen molar-refractivity contribution in [1.82, 2.24) is 9.80 Å². The molecule has 0 heterocycles. The number of rotatable bonds is 6. The van der Waals surface area contributed by atoms with E-state index in [0.29, 0.717) is 12.1 Å². The van der Waals surface area contributed by atoms with Crippen molar-refractivity contribution in [2.75, 3.05) is 27.7 Å². The molecular formula is C16H26ClN3. The third kappa shape index (κ3) is 3.34. The van der Waals surface area contributed by atoms with Gasteiger partial charge in [0.05, 0.1) is 0 Å². The topological polar surface area (TPSA) is 32.5 Å². The fourth-order valence-electron chi connectivity index (χ4n) is 3.03. The van der Waals surface area contributed by atoms with E-state index in [4.69, 9.17) is 17.3 Å². The molecule has 3 nitrogen and oxygen atoms in total. The molecular weight excluding hydrogens is 270 g/mol. The number of halogens is 1. The van der Waals surface area contributed by atoms with Gasteiger partial charge < -0.3 is 15.5 Å². The Bertz CT molecular complexity index is 455. The van der Waals surface area contributed by atoms with Crippen molar-refractivity contribution in [3.8, 4) is 0 Å². The summed E-state index contributed by atoms with van der Waals surface area (Å²) in [5.41, 5.74) is 8.27. The van der Waals surface area contributed by atoms with Gasteiger partial charge in [-0.15, -0.1) is 0 Å². The van der Waals surface area contributed by atoms with Gasteiger partial charge in [-0.3, -0.25) is 0 Å². The molecule has 0 atom stereocenters. The van der Waals surface area contributed by atoms with Crippen LogP contribution in [0.1, 0.15) is 30.4 Å². The maximum Gasteiger partial charge on any atom is 0.0454 e. The molecule has 0 radical (unpaired) electrons. The Morgan fingerprint density at radius 1 is 1.25 bits per heavy atom. The number of nitrogens with zero attached hydrogens (tertiary/aromatic N) is 2. The van der Waals surface area contributed by atoms with Gasteiger partial charge in [-0.1, -0.05) is 23.7 Å². The number of hydrogen-bond acceptors (Lipinski definition) is 3. The van der Waals surface area contributed by atoms with Crippen molar-refractivity contribution in [1.29, 1.82) is 0 Å². The summed E-state index contributed by atoms with van der Waals surface area (Å²) in [6.07, 6.45) is 3.94. The minimum Gasteiger partial charge on any atom is -0.326 e. The van der Waals surface area contributed by atoms with Crippen LogP contribution in [0.5, 0.6) is 0 Å². The largest absolute Gasteiger partial charge is 0.326 e. The highest BCUT2D eigenvalue weighted by Gasteiger charge is 2.39. The average Bonchev–Trinajstić information content (AvgIpc) is 2.35. The molecule has 0 aliphatic heterocycles. The molecule has 0 amide bonds. The molecule has 1 aromatic rings. The van der Waals surface area contributed by atoms with Gasteiger partial charge in [0.2, 0.25) is 0 Å².